The van der Waals surface area contributed by atoms with Crippen LogP contribution in [0.25, 0.3) is 0 Å². The van der Waals surface area contributed by atoms with Crippen molar-refractivity contribution in [1.29, 1.82) is 5.26 Å². The van der Waals surface area contributed by atoms with E-state index in [1.807, 2.05) is 43.3 Å². The third-order valence-corrected chi connectivity index (χ3v) is 4.07. The van der Waals surface area contributed by atoms with Crippen molar-refractivity contribution < 1.29 is 14.3 Å². The number of rotatable bonds is 6. The normalized spacial score (nSPS) is 11.2. The van der Waals surface area contributed by atoms with E-state index in [9.17, 15) is 4.79 Å². The second-order valence-electron chi connectivity index (χ2n) is 6.27. The number of carbonyl (C=O) groups is 1. The number of amides is 1. The maximum Gasteiger partial charge on any atom is 0.265 e. The molecule has 3 aromatic carbocycles. The fourth-order valence-electron chi connectivity index (χ4n) is 2.53. The molecule has 0 aromatic heterocycles. The Morgan fingerprint density at radius 1 is 0.964 bits per heavy atom. The predicted octanol–water partition coefficient (Wildman–Crippen LogP) is 5.07. The molecule has 0 bridgehead atoms. The molecule has 3 aromatic rings. The van der Waals surface area contributed by atoms with Crippen molar-refractivity contribution in [3.05, 3.63) is 83.9 Å². The summed E-state index contributed by atoms with van der Waals surface area (Å²) < 4.78 is 11.6. The van der Waals surface area contributed by atoms with Crippen molar-refractivity contribution in [1.82, 2.24) is 0 Å². The maximum absolute atomic E-state index is 12.6. The highest BCUT2D eigenvalue weighted by molar-refractivity contribution is 5.95. The van der Waals surface area contributed by atoms with E-state index in [0.29, 0.717) is 28.5 Å². The zero-order valence-corrected chi connectivity index (χ0v) is 15.7. The van der Waals surface area contributed by atoms with Crippen LogP contribution in [-0.4, -0.2) is 12.0 Å². The first-order chi connectivity index (χ1) is 13.6. The number of aryl methyl sites for hydroxylation is 1. The average Bonchev–Trinajstić information content (AvgIpc) is 2.71. The zero-order chi connectivity index (χ0) is 19.9. The molecule has 0 saturated carbocycles. The minimum atomic E-state index is -0.790. The van der Waals surface area contributed by atoms with Crippen LogP contribution in [0, 0.1) is 18.3 Å². The van der Waals surface area contributed by atoms with Crippen LogP contribution < -0.4 is 14.8 Å². The van der Waals surface area contributed by atoms with E-state index in [0.717, 1.165) is 5.56 Å². The van der Waals surface area contributed by atoms with Crippen LogP contribution in [0.5, 0.6) is 17.2 Å². The maximum atomic E-state index is 12.6. The first kappa shape index (κ1) is 19.0. The second-order valence-corrected chi connectivity index (χ2v) is 6.27. The van der Waals surface area contributed by atoms with Gasteiger partial charge in [-0.25, -0.2) is 0 Å². The summed E-state index contributed by atoms with van der Waals surface area (Å²) in [4.78, 5) is 12.6. The Labute approximate surface area is 164 Å². The molecule has 1 unspecified atom stereocenters. The van der Waals surface area contributed by atoms with Gasteiger partial charge >= 0.3 is 0 Å². The van der Waals surface area contributed by atoms with Gasteiger partial charge in [-0.1, -0.05) is 42.0 Å². The minimum absolute atomic E-state index is 0.340. The lowest BCUT2D eigenvalue weighted by Crippen LogP contribution is -2.30. The van der Waals surface area contributed by atoms with Crippen LogP contribution in [0.15, 0.2) is 72.8 Å². The number of benzene rings is 3. The molecular formula is C23H20N2O3. The molecule has 0 saturated heterocycles. The van der Waals surface area contributed by atoms with Gasteiger partial charge in [-0.3, -0.25) is 4.79 Å². The molecule has 0 aliphatic carbocycles. The lowest BCUT2D eigenvalue weighted by Gasteiger charge is -2.17. The van der Waals surface area contributed by atoms with Crippen molar-refractivity contribution in [2.75, 3.05) is 5.32 Å². The highest BCUT2D eigenvalue weighted by atomic mass is 16.5. The summed E-state index contributed by atoms with van der Waals surface area (Å²) in [5.74, 6) is 1.24. The Hall–Kier alpha value is -3.78. The fourth-order valence-corrected chi connectivity index (χ4v) is 2.53. The van der Waals surface area contributed by atoms with Gasteiger partial charge in [0.15, 0.2) is 11.9 Å². The standard InChI is InChI=1S/C23H20N2O3/c1-16-11-13-19(14-12-16)28-22-10-6-4-8-20(22)25-23(26)17(2)27-21-9-5-3-7-18(21)15-24/h3-14,17H,1-2H3,(H,25,26). The number of hydrogen-bond acceptors (Lipinski definition) is 4. The van der Waals surface area contributed by atoms with Gasteiger partial charge in [0.1, 0.15) is 17.6 Å². The molecule has 0 heterocycles. The van der Waals surface area contributed by atoms with Gasteiger partial charge in [-0.15, -0.1) is 0 Å². The summed E-state index contributed by atoms with van der Waals surface area (Å²) in [6, 6.07) is 23.7. The summed E-state index contributed by atoms with van der Waals surface area (Å²) in [6.07, 6.45) is -0.790. The van der Waals surface area contributed by atoms with Gasteiger partial charge in [0.25, 0.3) is 5.91 Å². The monoisotopic (exact) mass is 372 g/mol. The van der Waals surface area contributed by atoms with Crippen molar-refractivity contribution >= 4 is 11.6 Å². The topological polar surface area (TPSA) is 71.3 Å². The van der Waals surface area contributed by atoms with Gasteiger partial charge in [0, 0.05) is 0 Å². The number of para-hydroxylation sites is 3. The Morgan fingerprint density at radius 2 is 1.61 bits per heavy atom. The summed E-state index contributed by atoms with van der Waals surface area (Å²) in [7, 11) is 0. The van der Waals surface area contributed by atoms with E-state index in [-0.39, 0.29) is 5.91 Å². The Balaban J connectivity index is 1.71. The average molecular weight is 372 g/mol. The van der Waals surface area contributed by atoms with E-state index >= 15 is 0 Å². The third kappa shape index (κ3) is 4.68. The number of ether oxygens (including phenoxy) is 2. The summed E-state index contributed by atoms with van der Waals surface area (Å²) in [6.45, 7) is 3.64. The van der Waals surface area contributed by atoms with Gasteiger partial charge in [-0.2, -0.15) is 5.26 Å². The molecule has 0 fully saturated rings. The molecule has 0 radical (unpaired) electrons. The number of carbonyl (C=O) groups excluding carboxylic acids is 1. The van der Waals surface area contributed by atoms with Crippen LogP contribution in [0.2, 0.25) is 0 Å². The first-order valence-electron chi connectivity index (χ1n) is 8.87. The zero-order valence-electron chi connectivity index (χ0n) is 15.7. The van der Waals surface area contributed by atoms with Crippen LogP contribution in [0.1, 0.15) is 18.1 Å². The fraction of sp³-hybridized carbons (Fsp3) is 0.130. The second kappa shape index (κ2) is 8.74. The first-order valence-corrected chi connectivity index (χ1v) is 8.87. The Bertz CT molecular complexity index is 1010. The number of hydrogen-bond donors (Lipinski definition) is 1. The molecular weight excluding hydrogens is 352 g/mol. The minimum Gasteiger partial charge on any atom is -0.480 e. The summed E-state index contributed by atoms with van der Waals surface area (Å²) in [5.41, 5.74) is 2.06. The highest BCUT2D eigenvalue weighted by Crippen LogP contribution is 2.29. The molecule has 1 atom stereocenters. The molecule has 140 valence electrons. The molecule has 5 heteroatoms. The van der Waals surface area contributed by atoms with Crippen LogP contribution in [0.4, 0.5) is 5.69 Å². The van der Waals surface area contributed by atoms with Crippen molar-refractivity contribution in [3.8, 4) is 23.3 Å². The van der Waals surface area contributed by atoms with Crippen LogP contribution in [0.3, 0.4) is 0 Å². The van der Waals surface area contributed by atoms with Crippen molar-refractivity contribution in [3.63, 3.8) is 0 Å². The lowest BCUT2D eigenvalue weighted by molar-refractivity contribution is -0.122. The van der Waals surface area contributed by atoms with Crippen LogP contribution >= 0.6 is 0 Å². The van der Waals surface area contributed by atoms with E-state index in [2.05, 4.69) is 11.4 Å². The quantitative estimate of drug-likeness (QED) is 0.656. The molecule has 28 heavy (non-hydrogen) atoms. The smallest absolute Gasteiger partial charge is 0.265 e. The number of nitrogens with zero attached hydrogens (tertiary/aromatic N) is 1. The van der Waals surface area contributed by atoms with E-state index in [1.54, 1.807) is 43.3 Å². The largest absolute Gasteiger partial charge is 0.480 e. The third-order valence-electron chi connectivity index (χ3n) is 4.07. The molecule has 1 amide bonds. The number of anilines is 1. The van der Waals surface area contributed by atoms with Gasteiger partial charge in [0.2, 0.25) is 0 Å². The van der Waals surface area contributed by atoms with Crippen molar-refractivity contribution in [2.24, 2.45) is 0 Å². The molecule has 0 aliphatic heterocycles. The predicted molar refractivity (Wildman–Crippen MR) is 108 cm³/mol. The molecule has 0 aliphatic rings. The van der Waals surface area contributed by atoms with Crippen molar-refractivity contribution in [2.45, 2.75) is 20.0 Å². The van der Waals surface area contributed by atoms with E-state index in [1.165, 1.54) is 0 Å². The van der Waals surface area contributed by atoms with Crippen LogP contribution in [-0.2, 0) is 4.79 Å². The Kier molecular flexibility index (Phi) is 5.93. The van der Waals surface area contributed by atoms with E-state index < -0.39 is 6.10 Å². The lowest BCUT2D eigenvalue weighted by atomic mass is 10.2. The molecule has 3 rings (SSSR count). The van der Waals surface area contributed by atoms with Gasteiger partial charge < -0.3 is 14.8 Å². The van der Waals surface area contributed by atoms with E-state index in [4.69, 9.17) is 14.7 Å². The summed E-state index contributed by atoms with van der Waals surface area (Å²) >= 11 is 0. The molecule has 5 nitrogen and oxygen atoms in total. The van der Waals surface area contributed by atoms with Gasteiger partial charge in [0.05, 0.1) is 11.3 Å². The summed E-state index contributed by atoms with van der Waals surface area (Å²) in [5, 5.41) is 12.0. The Morgan fingerprint density at radius 3 is 2.32 bits per heavy atom. The van der Waals surface area contributed by atoms with Gasteiger partial charge in [-0.05, 0) is 50.2 Å². The molecule has 0 spiro atoms. The number of nitriles is 1. The highest BCUT2D eigenvalue weighted by Gasteiger charge is 2.18. The SMILES string of the molecule is Cc1ccc(Oc2ccccc2NC(=O)C(C)Oc2ccccc2C#N)cc1. The molecule has 1 N–H and O–H groups in total. The number of nitrogens with one attached hydrogen (secondary N) is 1.